The second kappa shape index (κ2) is 6.07. The fourth-order valence-corrected chi connectivity index (χ4v) is 4.20. The summed E-state index contributed by atoms with van der Waals surface area (Å²) in [7, 11) is 0. The van der Waals surface area contributed by atoms with E-state index >= 15 is 0 Å². The summed E-state index contributed by atoms with van der Waals surface area (Å²) in [6.45, 7) is 2.61. The lowest BCUT2D eigenvalue weighted by Crippen LogP contribution is -2.03. The van der Waals surface area contributed by atoms with Gasteiger partial charge < -0.3 is 21.3 Å². The molecule has 0 spiro atoms. The van der Waals surface area contributed by atoms with E-state index in [1.807, 2.05) is 36.4 Å². The number of anilines is 2. The standard InChI is InChI=1S/C22H18N4O3/c1-10-9-29-19-17(10)15(8-16-18(19)20(23)26-22(24)25-16)13-6-7-14(21(27)28)12-5-3-2-4-11(12)13/h2-8,10H,9H2,1H3,(H,27,28)(H4,23,24,25,26). The molecule has 1 unspecified atom stereocenters. The quantitative estimate of drug-likeness (QED) is 0.478. The molecule has 0 saturated heterocycles. The maximum absolute atomic E-state index is 11.7. The molecule has 0 radical (unpaired) electrons. The van der Waals surface area contributed by atoms with Crippen LogP contribution in [-0.2, 0) is 0 Å². The lowest BCUT2D eigenvalue weighted by atomic mass is 9.87. The molecule has 5 rings (SSSR count). The molecule has 0 saturated carbocycles. The highest BCUT2D eigenvalue weighted by Crippen LogP contribution is 2.48. The van der Waals surface area contributed by atoms with Gasteiger partial charge in [0.1, 0.15) is 11.6 Å². The van der Waals surface area contributed by atoms with E-state index in [0.29, 0.717) is 28.6 Å². The zero-order valence-corrected chi connectivity index (χ0v) is 15.6. The van der Waals surface area contributed by atoms with E-state index in [0.717, 1.165) is 22.1 Å². The third-order valence-corrected chi connectivity index (χ3v) is 5.44. The van der Waals surface area contributed by atoms with Gasteiger partial charge in [-0.15, -0.1) is 0 Å². The van der Waals surface area contributed by atoms with Crippen molar-refractivity contribution in [3.63, 3.8) is 0 Å². The molecule has 29 heavy (non-hydrogen) atoms. The summed E-state index contributed by atoms with van der Waals surface area (Å²) in [5.41, 5.74) is 15.7. The minimum absolute atomic E-state index is 0.0954. The van der Waals surface area contributed by atoms with Crippen LogP contribution in [-0.4, -0.2) is 27.7 Å². The minimum Gasteiger partial charge on any atom is -0.492 e. The molecule has 7 nitrogen and oxygen atoms in total. The number of aromatic carboxylic acids is 1. The molecule has 4 aromatic rings. The summed E-state index contributed by atoms with van der Waals surface area (Å²) < 4.78 is 5.99. The van der Waals surface area contributed by atoms with Crippen molar-refractivity contribution in [2.75, 3.05) is 18.1 Å². The van der Waals surface area contributed by atoms with Gasteiger partial charge in [0, 0.05) is 11.5 Å². The van der Waals surface area contributed by atoms with Crippen molar-refractivity contribution in [3.05, 3.63) is 53.6 Å². The molecule has 1 aromatic heterocycles. The molecule has 0 fully saturated rings. The number of aromatic nitrogens is 2. The molecule has 5 N–H and O–H groups in total. The average molecular weight is 386 g/mol. The summed E-state index contributed by atoms with van der Waals surface area (Å²) >= 11 is 0. The third kappa shape index (κ3) is 2.47. The number of nitrogen functional groups attached to an aromatic ring is 2. The van der Waals surface area contributed by atoms with Crippen molar-refractivity contribution >= 4 is 39.4 Å². The second-order valence-electron chi connectivity index (χ2n) is 7.25. The van der Waals surface area contributed by atoms with Crippen LogP contribution in [0.4, 0.5) is 11.8 Å². The molecule has 0 bridgehead atoms. The van der Waals surface area contributed by atoms with Crippen LogP contribution in [0.5, 0.6) is 5.75 Å². The first-order valence-corrected chi connectivity index (χ1v) is 9.23. The maximum atomic E-state index is 11.7. The lowest BCUT2D eigenvalue weighted by molar-refractivity contribution is 0.0699. The fraction of sp³-hybridized carbons (Fsp3) is 0.136. The van der Waals surface area contributed by atoms with Gasteiger partial charge >= 0.3 is 5.97 Å². The van der Waals surface area contributed by atoms with E-state index in [2.05, 4.69) is 16.9 Å². The van der Waals surface area contributed by atoms with Crippen LogP contribution in [0.15, 0.2) is 42.5 Å². The number of carboxylic acid groups (broad SMARTS) is 1. The summed E-state index contributed by atoms with van der Waals surface area (Å²) in [5, 5.41) is 11.8. The van der Waals surface area contributed by atoms with E-state index in [4.69, 9.17) is 16.2 Å². The number of benzene rings is 3. The average Bonchev–Trinajstić information content (AvgIpc) is 3.07. The monoisotopic (exact) mass is 386 g/mol. The van der Waals surface area contributed by atoms with Gasteiger partial charge in [-0.1, -0.05) is 37.3 Å². The molecule has 0 aliphatic carbocycles. The van der Waals surface area contributed by atoms with Gasteiger partial charge in [0.05, 0.1) is 23.1 Å². The summed E-state index contributed by atoms with van der Waals surface area (Å²) in [5.74, 6) is 0.239. The van der Waals surface area contributed by atoms with Gasteiger partial charge in [-0.3, -0.25) is 0 Å². The Morgan fingerprint density at radius 2 is 1.86 bits per heavy atom. The highest BCUT2D eigenvalue weighted by Gasteiger charge is 2.29. The van der Waals surface area contributed by atoms with E-state index < -0.39 is 5.97 Å². The second-order valence-corrected chi connectivity index (χ2v) is 7.25. The molecule has 2 heterocycles. The van der Waals surface area contributed by atoms with Gasteiger partial charge in [-0.25, -0.2) is 9.78 Å². The zero-order valence-electron chi connectivity index (χ0n) is 15.6. The fourth-order valence-electron chi connectivity index (χ4n) is 4.20. The summed E-state index contributed by atoms with van der Waals surface area (Å²) in [6, 6.07) is 12.9. The summed E-state index contributed by atoms with van der Waals surface area (Å²) in [4.78, 5) is 20.1. The SMILES string of the molecule is CC1COc2c1c(-c1ccc(C(=O)O)c3ccccc13)cc1nc(N)nc(N)c21. The van der Waals surface area contributed by atoms with Crippen LogP contribution in [0.3, 0.4) is 0 Å². The van der Waals surface area contributed by atoms with Crippen LogP contribution in [0.1, 0.15) is 28.8 Å². The predicted octanol–water partition coefficient (Wildman–Crippen LogP) is 3.81. The number of nitrogens with zero attached hydrogens (tertiary/aromatic N) is 2. The number of rotatable bonds is 2. The van der Waals surface area contributed by atoms with Crippen molar-refractivity contribution in [2.24, 2.45) is 0 Å². The van der Waals surface area contributed by atoms with E-state index in [9.17, 15) is 9.90 Å². The van der Waals surface area contributed by atoms with E-state index in [1.54, 1.807) is 6.07 Å². The van der Waals surface area contributed by atoms with Gasteiger partial charge in [-0.2, -0.15) is 4.98 Å². The molecule has 0 amide bonds. The van der Waals surface area contributed by atoms with Crippen LogP contribution in [0.25, 0.3) is 32.8 Å². The summed E-state index contributed by atoms with van der Waals surface area (Å²) in [6.07, 6.45) is 0. The number of ether oxygens (including phenoxy) is 1. The molecule has 144 valence electrons. The van der Waals surface area contributed by atoms with Crippen molar-refractivity contribution in [2.45, 2.75) is 12.8 Å². The maximum Gasteiger partial charge on any atom is 0.336 e. The highest BCUT2D eigenvalue weighted by molar-refractivity contribution is 6.10. The first-order chi connectivity index (χ1) is 14.0. The Hall–Kier alpha value is -3.87. The van der Waals surface area contributed by atoms with Crippen LogP contribution < -0.4 is 16.2 Å². The van der Waals surface area contributed by atoms with Gasteiger partial charge in [0.25, 0.3) is 0 Å². The molecule has 3 aromatic carbocycles. The van der Waals surface area contributed by atoms with E-state index in [-0.39, 0.29) is 23.2 Å². The molecular weight excluding hydrogens is 368 g/mol. The Morgan fingerprint density at radius 3 is 2.62 bits per heavy atom. The Kier molecular flexibility index (Phi) is 3.61. The van der Waals surface area contributed by atoms with Crippen molar-refractivity contribution < 1.29 is 14.6 Å². The van der Waals surface area contributed by atoms with Gasteiger partial charge in [0.15, 0.2) is 0 Å². The van der Waals surface area contributed by atoms with Crippen LogP contribution in [0, 0.1) is 0 Å². The number of hydrogen-bond acceptors (Lipinski definition) is 6. The van der Waals surface area contributed by atoms with E-state index in [1.165, 1.54) is 0 Å². The Labute approximate surface area is 165 Å². The Balaban J connectivity index is 1.91. The first-order valence-electron chi connectivity index (χ1n) is 9.23. The van der Waals surface area contributed by atoms with Gasteiger partial charge in [0.2, 0.25) is 5.95 Å². The smallest absolute Gasteiger partial charge is 0.336 e. The molecule has 1 atom stereocenters. The first kappa shape index (κ1) is 17.2. The molecule has 7 heteroatoms. The number of fused-ring (bicyclic) bond motifs is 4. The van der Waals surface area contributed by atoms with Gasteiger partial charge in [-0.05, 0) is 34.0 Å². The Bertz CT molecular complexity index is 1330. The largest absolute Gasteiger partial charge is 0.492 e. The lowest BCUT2D eigenvalue weighted by Gasteiger charge is -2.16. The number of carbonyl (C=O) groups is 1. The Morgan fingerprint density at radius 1 is 1.10 bits per heavy atom. The third-order valence-electron chi connectivity index (χ3n) is 5.44. The zero-order chi connectivity index (χ0) is 20.3. The van der Waals surface area contributed by atoms with Crippen LogP contribution >= 0.6 is 0 Å². The molecule has 1 aliphatic heterocycles. The minimum atomic E-state index is -0.957. The molecular formula is C22H18N4O3. The molecule has 1 aliphatic rings. The van der Waals surface area contributed by atoms with Crippen molar-refractivity contribution in [1.82, 2.24) is 9.97 Å². The topological polar surface area (TPSA) is 124 Å². The van der Waals surface area contributed by atoms with Crippen LogP contribution in [0.2, 0.25) is 0 Å². The highest BCUT2D eigenvalue weighted by atomic mass is 16.5. The number of carboxylic acids is 1. The normalized spacial score (nSPS) is 15.4. The van der Waals surface area contributed by atoms with Crippen molar-refractivity contribution in [1.29, 1.82) is 0 Å². The number of hydrogen-bond donors (Lipinski definition) is 3. The van der Waals surface area contributed by atoms with Crippen molar-refractivity contribution in [3.8, 4) is 16.9 Å². The predicted molar refractivity (Wildman–Crippen MR) is 112 cm³/mol. The number of nitrogens with two attached hydrogens (primary N) is 2.